The molecule has 0 aromatic carbocycles. The zero-order valence-corrected chi connectivity index (χ0v) is 11.8. The highest BCUT2D eigenvalue weighted by Gasteiger charge is 2.16. The standard InChI is InChI=1S/C11H16N6OS/c1-6-7(5-17(3)16-6)4-14-10(18)8-9(12)15-11(13-2)19-8/h5H,4,12H2,1-3H3,(H,13,15)(H,14,18). The highest BCUT2D eigenvalue weighted by molar-refractivity contribution is 7.18. The van der Waals surface area contributed by atoms with Crippen LogP contribution in [0.2, 0.25) is 0 Å². The van der Waals surface area contributed by atoms with Crippen LogP contribution in [0.15, 0.2) is 6.20 Å². The van der Waals surface area contributed by atoms with Gasteiger partial charge in [-0.3, -0.25) is 9.48 Å². The van der Waals surface area contributed by atoms with E-state index in [1.54, 1.807) is 11.7 Å². The van der Waals surface area contributed by atoms with Crippen LogP contribution < -0.4 is 16.4 Å². The van der Waals surface area contributed by atoms with E-state index < -0.39 is 0 Å². The number of nitrogens with one attached hydrogen (secondary N) is 2. The molecule has 8 heteroatoms. The quantitative estimate of drug-likeness (QED) is 0.767. The van der Waals surface area contributed by atoms with Crippen molar-refractivity contribution in [3.05, 3.63) is 22.3 Å². The number of anilines is 2. The van der Waals surface area contributed by atoms with Crippen LogP contribution >= 0.6 is 11.3 Å². The Balaban J connectivity index is 2.05. The molecule has 0 fully saturated rings. The van der Waals surface area contributed by atoms with Gasteiger partial charge < -0.3 is 16.4 Å². The van der Waals surface area contributed by atoms with Gasteiger partial charge >= 0.3 is 0 Å². The largest absolute Gasteiger partial charge is 0.382 e. The van der Waals surface area contributed by atoms with Gasteiger partial charge in [-0.2, -0.15) is 5.10 Å². The van der Waals surface area contributed by atoms with Crippen molar-refractivity contribution in [3.8, 4) is 0 Å². The van der Waals surface area contributed by atoms with E-state index in [1.807, 2.05) is 20.2 Å². The van der Waals surface area contributed by atoms with Crippen molar-refractivity contribution >= 4 is 28.2 Å². The third-order valence-electron chi connectivity index (χ3n) is 2.63. The molecule has 7 nitrogen and oxygen atoms in total. The van der Waals surface area contributed by atoms with Gasteiger partial charge in [-0.05, 0) is 6.92 Å². The normalized spacial score (nSPS) is 10.5. The maximum atomic E-state index is 12.0. The number of hydrogen-bond donors (Lipinski definition) is 3. The van der Waals surface area contributed by atoms with E-state index in [0.29, 0.717) is 16.6 Å². The molecule has 2 heterocycles. The number of aromatic nitrogens is 3. The molecule has 1 amide bonds. The third kappa shape index (κ3) is 2.84. The second kappa shape index (κ2) is 5.27. The molecule has 0 aliphatic carbocycles. The van der Waals surface area contributed by atoms with Gasteiger partial charge in [0.2, 0.25) is 0 Å². The van der Waals surface area contributed by atoms with Crippen molar-refractivity contribution in [2.24, 2.45) is 7.05 Å². The Morgan fingerprint density at radius 2 is 2.32 bits per heavy atom. The van der Waals surface area contributed by atoms with Crippen LogP contribution in [0.3, 0.4) is 0 Å². The Bertz CT molecular complexity index is 602. The number of nitrogens with two attached hydrogens (primary N) is 1. The lowest BCUT2D eigenvalue weighted by Gasteiger charge is -2.02. The minimum atomic E-state index is -0.222. The number of hydrogen-bond acceptors (Lipinski definition) is 6. The Kier molecular flexibility index (Phi) is 3.70. The predicted octanol–water partition coefficient (Wildman–Crippen LogP) is 0.739. The highest BCUT2D eigenvalue weighted by atomic mass is 32.1. The number of rotatable bonds is 4. The fourth-order valence-electron chi connectivity index (χ4n) is 1.68. The van der Waals surface area contributed by atoms with Crippen molar-refractivity contribution in [1.82, 2.24) is 20.1 Å². The second-order valence-corrected chi connectivity index (χ2v) is 5.08. The van der Waals surface area contributed by atoms with Gasteiger partial charge in [0.1, 0.15) is 10.7 Å². The average Bonchev–Trinajstić information content (AvgIpc) is 2.89. The molecule has 0 aliphatic heterocycles. The molecule has 0 saturated carbocycles. The van der Waals surface area contributed by atoms with Gasteiger partial charge in [0.05, 0.1) is 5.69 Å². The number of carbonyl (C=O) groups excluding carboxylic acids is 1. The maximum absolute atomic E-state index is 12.0. The zero-order valence-electron chi connectivity index (χ0n) is 11.0. The van der Waals surface area contributed by atoms with Crippen LogP contribution in [-0.2, 0) is 13.6 Å². The first-order valence-corrected chi connectivity index (χ1v) is 6.54. The fourth-order valence-corrected chi connectivity index (χ4v) is 2.43. The zero-order chi connectivity index (χ0) is 14.0. The SMILES string of the molecule is CNc1nc(N)c(C(=O)NCc2cn(C)nc2C)s1. The third-order valence-corrected chi connectivity index (χ3v) is 3.72. The van der Waals surface area contributed by atoms with Crippen molar-refractivity contribution in [2.75, 3.05) is 18.1 Å². The number of nitrogens with zero attached hydrogens (tertiary/aromatic N) is 3. The lowest BCUT2D eigenvalue weighted by Crippen LogP contribution is -2.22. The molecule has 0 saturated heterocycles. The van der Waals surface area contributed by atoms with E-state index in [1.165, 1.54) is 11.3 Å². The summed E-state index contributed by atoms with van der Waals surface area (Å²) >= 11 is 1.23. The summed E-state index contributed by atoms with van der Waals surface area (Å²) in [6.45, 7) is 2.33. The first-order chi connectivity index (χ1) is 9.01. The van der Waals surface area contributed by atoms with Gasteiger partial charge in [-0.15, -0.1) is 0 Å². The number of thiazole rings is 1. The van der Waals surface area contributed by atoms with E-state index >= 15 is 0 Å². The van der Waals surface area contributed by atoms with Crippen LogP contribution in [0.4, 0.5) is 10.9 Å². The van der Waals surface area contributed by atoms with E-state index in [2.05, 4.69) is 20.7 Å². The van der Waals surface area contributed by atoms with Crippen LogP contribution in [0.1, 0.15) is 20.9 Å². The molecular weight excluding hydrogens is 264 g/mol. The molecule has 0 bridgehead atoms. The van der Waals surface area contributed by atoms with Crippen molar-refractivity contribution in [3.63, 3.8) is 0 Å². The summed E-state index contributed by atoms with van der Waals surface area (Å²) in [5.41, 5.74) is 7.58. The predicted molar refractivity (Wildman–Crippen MR) is 75.2 cm³/mol. The fraction of sp³-hybridized carbons (Fsp3) is 0.364. The molecule has 0 radical (unpaired) electrons. The van der Waals surface area contributed by atoms with Gasteiger partial charge in [0, 0.05) is 32.4 Å². The molecule has 19 heavy (non-hydrogen) atoms. The van der Waals surface area contributed by atoms with Crippen LogP contribution in [0.5, 0.6) is 0 Å². The van der Waals surface area contributed by atoms with E-state index in [-0.39, 0.29) is 11.7 Å². The molecule has 102 valence electrons. The summed E-state index contributed by atoms with van der Waals surface area (Å²) in [6.07, 6.45) is 1.88. The molecule has 2 aromatic rings. The lowest BCUT2D eigenvalue weighted by molar-refractivity contribution is 0.0955. The molecule has 4 N–H and O–H groups in total. The summed E-state index contributed by atoms with van der Waals surface area (Å²) < 4.78 is 1.72. The number of nitrogen functional groups attached to an aromatic ring is 1. The molecule has 0 aliphatic rings. The smallest absolute Gasteiger partial charge is 0.265 e. The Morgan fingerprint density at radius 3 is 2.84 bits per heavy atom. The Hall–Kier alpha value is -2.09. The van der Waals surface area contributed by atoms with Gasteiger partial charge in [-0.25, -0.2) is 4.98 Å². The molecule has 2 rings (SSSR count). The average molecular weight is 280 g/mol. The Labute approximate surface area is 114 Å². The molecule has 0 unspecified atom stereocenters. The number of carbonyl (C=O) groups is 1. The minimum absolute atomic E-state index is 0.222. The topological polar surface area (TPSA) is 97.9 Å². The van der Waals surface area contributed by atoms with Gasteiger partial charge in [-0.1, -0.05) is 11.3 Å². The van der Waals surface area contributed by atoms with E-state index in [9.17, 15) is 4.79 Å². The number of aryl methyl sites for hydroxylation is 2. The Morgan fingerprint density at radius 1 is 1.58 bits per heavy atom. The second-order valence-electron chi connectivity index (χ2n) is 4.08. The van der Waals surface area contributed by atoms with Crippen molar-refractivity contribution in [1.29, 1.82) is 0 Å². The summed E-state index contributed by atoms with van der Waals surface area (Å²) in [5, 5.41) is 10.5. The summed E-state index contributed by atoms with van der Waals surface area (Å²) in [7, 11) is 3.58. The van der Waals surface area contributed by atoms with Gasteiger partial charge in [0.15, 0.2) is 5.13 Å². The molecule has 0 atom stereocenters. The van der Waals surface area contributed by atoms with Crippen molar-refractivity contribution < 1.29 is 4.79 Å². The maximum Gasteiger partial charge on any atom is 0.265 e. The molecule has 0 spiro atoms. The summed E-state index contributed by atoms with van der Waals surface area (Å²) in [6, 6.07) is 0. The van der Waals surface area contributed by atoms with E-state index in [0.717, 1.165) is 11.3 Å². The molecule has 2 aromatic heterocycles. The van der Waals surface area contributed by atoms with Crippen LogP contribution in [-0.4, -0.2) is 27.7 Å². The highest BCUT2D eigenvalue weighted by Crippen LogP contribution is 2.24. The van der Waals surface area contributed by atoms with Crippen molar-refractivity contribution in [2.45, 2.75) is 13.5 Å². The summed E-state index contributed by atoms with van der Waals surface area (Å²) in [4.78, 5) is 16.5. The van der Waals surface area contributed by atoms with E-state index in [4.69, 9.17) is 5.73 Å². The molecular formula is C11H16N6OS. The number of amides is 1. The summed E-state index contributed by atoms with van der Waals surface area (Å²) in [5.74, 6) is 0.0227. The van der Waals surface area contributed by atoms with Crippen LogP contribution in [0, 0.1) is 6.92 Å². The monoisotopic (exact) mass is 280 g/mol. The first-order valence-electron chi connectivity index (χ1n) is 5.72. The van der Waals surface area contributed by atoms with Crippen LogP contribution in [0.25, 0.3) is 0 Å². The lowest BCUT2D eigenvalue weighted by atomic mass is 10.2. The first kappa shape index (κ1) is 13.3. The van der Waals surface area contributed by atoms with Gasteiger partial charge in [0.25, 0.3) is 5.91 Å². The minimum Gasteiger partial charge on any atom is -0.382 e.